The van der Waals surface area contributed by atoms with Gasteiger partial charge in [0.15, 0.2) is 5.78 Å². The number of carbonyl (C=O) groups is 1. The predicted octanol–water partition coefficient (Wildman–Crippen LogP) is 2.02. The smallest absolute Gasteiger partial charge is 0.259 e. The van der Waals surface area contributed by atoms with Crippen LogP contribution in [0.3, 0.4) is 0 Å². The molecule has 0 amide bonds. The molecule has 1 N–H and O–H groups in total. The Labute approximate surface area is 91.8 Å². The zero-order chi connectivity index (χ0) is 10.0. The number of aromatic amines is 1. The summed E-state index contributed by atoms with van der Waals surface area (Å²) in [6, 6.07) is 1.54. The molecule has 0 radical (unpaired) electrons. The molecule has 1 heterocycles. The van der Waals surface area contributed by atoms with Crippen LogP contribution in [0, 0.1) is 6.92 Å². The van der Waals surface area contributed by atoms with Gasteiger partial charge in [0.25, 0.3) is 5.56 Å². The minimum absolute atomic E-state index is 0.158. The van der Waals surface area contributed by atoms with Gasteiger partial charge in [-0.25, -0.2) is 0 Å². The Bertz CT molecular complexity index is 398. The van der Waals surface area contributed by atoms with E-state index in [2.05, 4.69) is 36.8 Å². The fourth-order valence-corrected chi connectivity index (χ4v) is 1.51. The van der Waals surface area contributed by atoms with Gasteiger partial charge in [0, 0.05) is 10.2 Å². The van der Waals surface area contributed by atoms with Gasteiger partial charge in [0.1, 0.15) is 0 Å². The van der Waals surface area contributed by atoms with Crippen molar-refractivity contribution in [2.24, 2.45) is 0 Å². The highest BCUT2D eigenvalue weighted by molar-refractivity contribution is 9.10. The highest BCUT2D eigenvalue weighted by Gasteiger charge is 2.10. The molecule has 0 atom stereocenters. The van der Waals surface area contributed by atoms with Crippen LogP contribution >= 0.6 is 31.9 Å². The lowest BCUT2D eigenvalue weighted by atomic mass is 10.2. The first-order valence-electron chi connectivity index (χ1n) is 3.55. The Balaban J connectivity index is 3.32. The van der Waals surface area contributed by atoms with Crippen molar-refractivity contribution >= 4 is 37.6 Å². The van der Waals surface area contributed by atoms with Crippen LogP contribution in [-0.4, -0.2) is 16.1 Å². The lowest BCUT2D eigenvalue weighted by Crippen LogP contribution is -2.19. The molecule has 1 aromatic rings. The summed E-state index contributed by atoms with van der Waals surface area (Å²) in [5, 5.41) is 0.158. The van der Waals surface area contributed by atoms with Gasteiger partial charge in [-0.15, -0.1) is 0 Å². The minimum atomic E-state index is -0.342. The first-order chi connectivity index (χ1) is 6.06. The number of halogens is 2. The number of aromatic nitrogens is 1. The molecule has 5 heteroatoms. The molecule has 0 aliphatic rings. The van der Waals surface area contributed by atoms with Gasteiger partial charge >= 0.3 is 0 Å². The molecule has 1 rings (SSSR count). The van der Waals surface area contributed by atoms with Crippen molar-refractivity contribution in [3.8, 4) is 0 Å². The van der Waals surface area contributed by atoms with E-state index in [0.717, 1.165) is 10.2 Å². The molecule has 13 heavy (non-hydrogen) atoms. The molecule has 70 valence electrons. The second-order valence-electron chi connectivity index (χ2n) is 2.54. The zero-order valence-electron chi connectivity index (χ0n) is 6.86. The lowest BCUT2D eigenvalue weighted by Gasteiger charge is -2.00. The van der Waals surface area contributed by atoms with Crippen molar-refractivity contribution < 1.29 is 4.79 Å². The quantitative estimate of drug-likeness (QED) is 0.671. The predicted molar refractivity (Wildman–Crippen MR) is 57.6 cm³/mol. The summed E-state index contributed by atoms with van der Waals surface area (Å²) in [4.78, 5) is 25.1. The Hall–Kier alpha value is -0.420. The highest BCUT2D eigenvalue weighted by atomic mass is 79.9. The summed E-state index contributed by atoms with van der Waals surface area (Å²) in [6.45, 7) is 1.76. The molecule has 0 aromatic carbocycles. The van der Waals surface area contributed by atoms with E-state index in [4.69, 9.17) is 0 Å². The first-order valence-corrected chi connectivity index (χ1v) is 5.46. The van der Waals surface area contributed by atoms with Crippen molar-refractivity contribution in [2.75, 3.05) is 5.33 Å². The molecule has 1 aromatic heterocycles. The summed E-state index contributed by atoms with van der Waals surface area (Å²) >= 11 is 6.25. The number of ketones is 1. The number of alkyl halides is 1. The van der Waals surface area contributed by atoms with E-state index in [1.165, 1.54) is 6.07 Å². The summed E-state index contributed by atoms with van der Waals surface area (Å²) in [6.07, 6.45) is 0. The van der Waals surface area contributed by atoms with E-state index in [9.17, 15) is 9.59 Å². The lowest BCUT2D eigenvalue weighted by molar-refractivity contribution is 0.102. The third-order valence-electron chi connectivity index (χ3n) is 1.60. The zero-order valence-corrected chi connectivity index (χ0v) is 10.0. The number of hydrogen-bond donors (Lipinski definition) is 1. The molecule has 0 fully saturated rings. The van der Waals surface area contributed by atoms with E-state index < -0.39 is 0 Å². The molecule has 0 saturated heterocycles. The maximum absolute atomic E-state index is 11.3. The summed E-state index contributed by atoms with van der Waals surface area (Å²) < 4.78 is 0.733. The number of carbonyl (C=O) groups excluding carboxylic acids is 1. The van der Waals surface area contributed by atoms with Gasteiger partial charge < -0.3 is 4.98 Å². The molecular formula is C8H7Br2NO2. The normalized spacial score (nSPS) is 10.1. The summed E-state index contributed by atoms with van der Waals surface area (Å²) in [5.74, 6) is -0.220. The number of aryl methyl sites for hydroxylation is 1. The molecule has 3 nitrogen and oxygen atoms in total. The Morgan fingerprint density at radius 2 is 2.23 bits per heavy atom. The molecular weight excluding hydrogens is 302 g/mol. The van der Waals surface area contributed by atoms with Crippen LogP contribution in [0.4, 0.5) is 0 Å². The van der Waals surface area contributed by atoms with Crippen LogP contribution in [0.5, 0.6) is 0 Å². The molecule has 0 bridgehead atoms. The van der Waals surface area contributed by atoms with Crippen LogP contribution in [0.15, 0.2) is 15.3 Å². The van der Waals surface area contributed by atoms with Gasteiger partial charge in [0.2, 0.25) is 0 Å². The summed E-state index contributed by atoms with van der Waals surface area (Å²) in [7, 11) is 0. The number of H-pyrrole nitrogens is 1. The maximum Gasteiger partial charge on any atom is 0.259 e. The van der Waals surface area contributed by atoms with E-state index in [1.807, 2.05) is 0 Å². The Kier molecular flexibility index (Phi) is 3.44. The largest absolute Gasteiger partial charge is 0.325 e. The molecule has 0 aliphatic carbocycles. The number of rotatable bonds is 2. The second-order valence-corrected chi connectivity index (χ2v) is 3.96. The average Bonchev–Trinajstić information content (AvgIpc) is 2.10. The van der Waals surface area contributed by atoms with E-state index in [0.29, 0.717) is 0 Å². The van der Waals surface area contributed by atoms with Crippen molar-refractivity contribution in [1.82, 2.24) is 4.98 Å². The number of pyridine rings is 1. The number of Topliss-reactive ketones (excluding diaryl/α,β-unsaturated/α-hetero) is 1. The van der Waals surface area contributed by atoms with Crippen molar-refractivity contribution in [3.63, 3.8) is 0 Å². The highest BCUT2D eigenvalue weighted by Crippen LogP contribution is 2.13. The van der Waals surface area contributed by atoms with Gasteiger partial charge in [-0.1, -0.05) is 15.9 Å². The van der Waals surface area contributed by atoms with Crippen molar-refractivity contribution in [2.45, 2.75) is 6.92 Å². The van der Waals surface area contributed by atoms with Crippen LogP contribution in [0.2, 0.25) is 0 Å². The fourth-order valence-electron chi connectivity index (χ4n) is 0.877. The van der Waals surface area contributed by atoms with E-state index >= 15 is 0 Å². The summed E-state index contributed by atoms with van der Waals surface area (Å²) in [5.41, 5.74) is 0.552. The van der Waals surface area contributed by atoms with Crippen molar-refractivity contribution in [1.29, 1.82) is 0 Å². The van der Waals surface area contributed by atoms with E-state index in [-0.39, 0.29) is 22.2 Å². The number of nitrogens with one attached hydrogen (secondary N) is 1. The van der Waals surface area contributed by atoms with E-state index in [1.54, 1.807) is 6.92 Å². The molecule has 0 spiro atoms. The molecule has 0 aliphatic heterocycles. The van der Waals surface area contributed by atoms with Crippen LogP contribution in [-0.2, 0) is 0 Å². The van der Waals surface area contributed by atoms with Gasteiger partial charge in [0.05, 0.1) is 10.9 Å². The topological polar surface area (TPSA) is 49.9 Å². The average molecular weight is 309 g/mol. The molecule has 0 unspecified atom stereocenters. The van der Waals surface area contributed by atoms with Crippen molar-refractivity contribution in [3.05, 3.63) is 32.2 Å². The first kappa shape index (κ1) is 10.7. The van der Waals surface area contributed by atoms with Crippen LogP contribution in [0.1, 0.15) is 16.1 Å². The Morgan fingerprint density at radius 1 is 1.62 bits per heavy atom. The third kappa shape index (κ3) is 2.28. The minimum Gasteiger partial charge on any atom is -0.325 e. The SMILES string of the molecule is Cc1[nH]c(=O)c(C(=O)CBr)cc1Br. The van der Waals surface area contributed by atoms with Crippen LogP contribution in [0.25, 0.3) is 0 Å². The van der Waals surface area contributed by atoms with Gasteiger partial charge in [-0.2, -0.15) is 0 Å². The van der Waals surface area contributed by atoms with Gasteiger partial charge in [-0.05, 0) is 28.9 Å². The van der Waals surface area contributed by atoms with Crippen LogP contribution < -0.4 is 5.56 Å². The number of hydrogen-bond acceptors (Lipinski definition) is 2. The standard InChI is InChI=1S/C8H7Br2NO2/c1-4-6(10)2-5(7(12)3-9)8(13)11-4/h2H,3H2,1H3,(H,11,13). The monoisotopic (exact) mass is 307 g/mol. The third-order valence-corrected chi connectivity index (χ3v) is 2.93. The Morgan fingerprint density at radius 3 is 2.77 bits per heavy atom. The maximum atomic E-state index is 11.3. The second kappa shape index (κ2) is 4.19. The molecule has 0 saturated carbocycles. The fraction of sp³-hybridized carbons (Fsp3) is 0.250. The van der Waals surface area contributed by atoms with Gasteiger partial charge in [-0.3, -0.25) is 9.59 Å².